The monoisotopic (exact) mass is 334 g/mol. The second-order valence-electron chi connectivity index (χ2n) is 6.38. The van der Waals surface area contributed by atoms with Gasteiger partial charge in [0, 0.05) is 18.8 Å². The number of carbonyl (C=O) groups excluding carboxylic acids is 1. The zero-order valence-corrected chi connectivity index (χ0v) is 14.6. The lowest BCUT2D eigenvalue weighted by Crippen LogP contribution is -2.13. The standard InChI is InChI=1S/C20H30O4/c1-2-3-9-17(21)14-12-16-13-15-19(22)18(16)10-7-5-4-6-8-11-20(23)24/h2-3,5,7,12,14,16-18,21H,4,6,8-11,13,15H2,1H3,(H,23,24)/t16-,17?,18-/m0/s1. The highest BCUT2D eigenvalue weighted by molar-refractivity contribution is 5.83. The van der Waals surface area contributed by atoms with Gasteiger partial charge in [-0.2, -0.15) is 0 Å². The Hall–Kier alpha value is -1.68. The highest BCUT2D eigenvalue weighted by atomic mass is 16.4. The molecule has 0 aliphatic heterocycles. The van der Waals surface area contributed by atoms with Crippen molar-refractivity contribution in [3.05, 3.63) is 36.5 Å². The van der Waals surface area contributed by atoms with E-state index < -0.39 is 12.1 Å². The van der Waals surface area contributed by atoms with Crippen LogP contribution in [0.1, 0.15) is 58.3 Å². The predicted molar refractivity (Wildman–Crippen MR) is 95.7 cm³/mol. The summed E-state index contributed by atoms with van der Waals surface area (Å²) in [4.78, 5) is 22.5. The molecule has 24 heavy (non-hydrogen) atoms. The van der Waals surface area contributed by atoms with Crippen molar-refractivity contribution >= 4 is 11.8 Å². The van der Waals surface area contributed by atoms with Gasteiger partial charge in [-0.3, -0.25) is 9.59 Å². The predicted octanol–water partition coefficient (Wildman–Crippen LogP) is 4.06. The Morgan fingerprint density at radius 2 is 2.08 bits per heavy atom. The number of ketones is 1. The topological polar surface area (TPSA) is 74.6 Å². The number of carbonyl (C=O) groups is 2. The Kier molecular flexibility index (Phi) is 10.0. The lowest BCUT2D eigenvalue weighted by Gasteiger charge is -2.13. The van der Waals surface area contributed by atoms with Crippen molar-refractivity contribution < 1.29 is 19.8 Å². The number of aliphatic hydroxyl groups is 1. The van der Waals surface area contributed by atoms with E-state index in [1.54, 1.807) is 0 Å². The van der Waals surface area contributed by atoms with Gasteiger partial charge in [-0.25, -0.2) is 0 Å². The van der Waals surface area contributed by atoms with Crippen LogP contribution in [-0.2, 0) is 9.59 Å². The third-order valence-corrected chi connectivity index (χ3v) is 4.42. The number of rotatable bonds is 11. The van der Waals surface area contributed by atoms with E-state index >= 15 is 0 Å². The summed E-state index contributed by atoms with van der Waals surface area (Å²) in [7, 11) is 0. The van der Waals surface area contributed by atoms with Crippen LogP contribution in [0.5, 0.6) is 0 Å². The molecule has 1 unspecified atom stereocenters. The average Bonchev–Trinajstić information content (AvgIpc) is 2.90. The molecule has 0 spiro atoms. The molecule has 2 N–H and O–H groups in total. The molecule has 0 aromatic heterocycles. The summed E-state index contributed by atoms with van der Waals surface area (Å²) >= 11 is 0. The largest absolute Gasteiger partial charge is 0.481 e. The fourth-order valence-corrected chi connectivity index (χ4v) is 3.00. The van der Waals surface area contributed by atoms with E-state index in [0.717, 1.165) is 25.7 Å². The molecule has 0 saturated heterocycles. The van der Waals surface area contributed by atoms with Gasteiger partial charge in [0.15, 0.2) is 0 Å². The minimum absolute atomic E-state index is 0.0189. The van der Waals surface area contributed by atoms with Gasteiger partial charge in [0.25, 0.3) is 0 Å². The maximum atomic E-state index is 12.0. The molecule has 1 rings (SSSR count). The van der Waals surface area contributed by atoms with E-state index in [0.29, 0.717) is 25.0 Å². The van der Waals surface area contributed by atoms with Crippen LogP contribution in [0.4, 0.5) is 0 Å². The fraction of sp³-hybridized carbons (Fsp3) is 0.600. The number of carboxylic acids is 1. The molecular formula is C20H30O4. The quantitative estimate of drug-likeness (QED) is 0.441. The molecule has 0 heterocycles. The second-order valence-corrected chi connectivity index (χ2v) is 6.38. The van der Waals surface area contributed by atoms with Crippen LogP contribution in [-0.4, -0.2) is 28.1 Å². The van der Waals surface area contributed by atoms with Crippen molar-refractivity contribution in [1.82, 2.24) is 0 Å². The van der Waals surface area contributed by atoms with Crippen LogP contribution >= 0.6 is 0 Å². The Labute approximate surface area is 145 Å². The van der Waals surface area contributed by atoms with Crippen LogP contribution < -0.4 is 0 Å². The molecule has 0 bridgehead atoms. The van der Waals surface area contributed by atoms with E-state index in [9.17, 15) is 14.7 Å². The summed E-state index contributed by atoms with van der Waals surface area (Å²) in [5, 5.41) is 18.4. The maximum Gasteiger partial charge on any atom is 0.303 e. The summed E-state index contributed by atoms with van der Waals surface area (Å²) in [5.74, 6) is -0.204. The first kappa shape index (κ1) is 20.4. The third-order valence-electron chi connectivity index (χ3n) is 4.42. The SMILES string of the molecule is CC=CCC(O)C=C[C@H]1CCC(=O)[C@H]1CC=CCCCCC(=O)O. The van der Waals surface area contributed by atoms with Gasteiger partial charge in [-0.1, -0.05) is 36.5 Å². The molecule has 1 aliphatic rings. The molecule has 0 aromatic rings. The molecule has 134 valence electrons. The third kappa shape index (κ3) is 8.25. The Balaban J connectivity index is 2.36. The smallest absolute Gasteiger partial charge is 0.303 e. The van der Waals surface area contributed by atoms with Crippen molar-refractivity contribution in [1.29, 1.82) is 0 Å². The number of carboxylic acid groups (broad SMARTS) is 1. The van der Waals surface area contributed by atoms with Gasteiger partial charge in [0.2, 0.25) is 0 Å². The number of hydrogen-bond acceptors (Lipinski definition) is 3. The van der Waals surface area contributed by atoms with Gasteiger partial charge in [-0.15, -0.1) is 0 Å². The second kappa shape index (κ2) is 11.8. The van der Waals surface area contributed by atoms with Crippen LogP contribution in [0.2, 0.25) is 0 Å². The summed E-state index contributed by atoms with van der Waals surface area (Å²) in [6.45, 7) is 1.93. The zero-order valence-electron chi connectivity index (χ0n) is 14.6. The molecule has 1 saturated carbocycles. The van der Waals surface area contributed by atoms with E-state index in [2.05, 4.69) is 6.08 Å². The normalized spacial score (nSPS) is 23.0. The van der Waals surface area contributed by atoms with Crippen LogP contribution in [0.15, 0.2) is 36.5 Å². The first-order valence-corrected chi connectivity index (χ1v) is 8.91. The molecule has 4 heteroatoms. The van der Waals surface area contributed by atoms with Crippen molar-refractivity contribution in [2.24, 2.45) is 11.8 Å². The number of allylic oxidation sites excluding steroid dienone is 4. The Bertz CT molecular complexity index is 476. The molecular weight excluding hydrogens is 304 g/mol. The van der Waals surface area contributed by atoms with Crippen LogP contribution in [0, 0.1) is 11.8 Å². The highest BCUT2D eigenvalue weighted by Gasteiger charge is 2.31. The number of Topliss-reactive ketones (excluding diaryl/α,β-unsaturated/α-hetero) is 1. The van der Waals surface area contributed by atoms with Gasteiger partial charge < -0.3 is 10.2 Å². The molecule has 0 radical (unpaired) electrons. The minimum Gasteiger partial charge on any atom is -0.481 e. The molecule has 4 nitrogen and oxygen atoms in total. The lowest BCUT2D eigenvalue weighted by molar-refractivity contribution is -0.137. The van der Waals surface area contributed by atoms with Crippen molar-refractivity contribution in [2.75, 3.05) is 0 Å². The van der Waals surface area contributed by atoms with Crippen LogP contribution in [0.25, 0.3) is 0 Å². The first-order chi connectivity index (χ1) is 11.5. The summed E-state index contributed by atoms with van der Waals surface area (Å²) in [5.41, 5.74) is 0. The molecule has 0 amide bonds. The van der Waals surface area contributed by atoms with Crippen LogP contribution in [0.3, 0.4) is 0 Å². The molecule has 3 atom stereocenters. The van der Waals surface area contributed by atoms with E-state index in [4.69, 9.17) is 5.11 Å². The van der Waals surface area contributed by atoms with Gasteiger partial charge in [-0.05, 0) is 51.4 Å². The fourth-order valence-electron chi connectivity index (χ4n) is 3.00. The first-order valence-electron chi connectivity index (χ1n) is 8.91. The molecule has 0 aromatic carbocycles. The van der Waals surface area contributed by atoms with Crippen molar-refractivity contribution in [3.63, 3.8) is 0 Å². The number of aliphatic hydroxyl groups excluding tert-OH is 1. The summed E-state index contributed by atoms with van der Waals surface area (Å²) in [6.07, 6.45) is 16.7. The van der Waals surface area contributed by atoms with Crippen molar-refractivity contribution in [3.8, 4) is 0 Å². The number of hydrogen-bond donors (Lipinski definition) is 2. The van der Waals surface area contributed by atoms with E-state index in [1.807, 2.05) is 37.3 Å². The lowest BCUT2D eigenvalue weighted by atomic mass is 9.91. The highest BCUT2D eigenvalue weighted by Crippen LogP contribution is 2.32. The minimum atomic E-state index is -0.748. The Morgan fingerprint density at radius 1 is 1.29 bits per heavy atom. The number of unbranched alkanes of at least 4 members (excludes halogenated alkanes) is 2. The van der Waals surface area contributed by atoms with Crippen molar-refractivity contribution in [2.45, 2.75) is 64.4 Å². The van der Waals surface area contributed by atoms with Gasteiger partial charge in [0.1, 0.15) is 5.78 Å². The maximum absolute atomic E-state index is 12.0. The summed E-state index contributed by atoms with van der Waals surface area (Å²) in [6, 6.07) is 0. The van der Waals surface area contributed by atoms with E-state index in [-0.39, 0.29) is 18.3 Å². The zero-order chi connectivity index (χ0) is 17.8. The summed E-state index contributed by atoms with van der Waals surface area (Å²) < 4.78 is 0. The van der Waals surface area contributed by atoms with E-state index in [1.165, 1.54) is 0 Å². The molecule has 1 fully saturated rings. The average molecular weight is 334 g/mol. The van der Waals surface area contributed by atoms with Gasteiger partial charge >= 0.3 is 5.97 Å². The van der Waals surface area contributed by atoms with Gasteiger partial charge in [0.05, 0.1) is 6.10 Å². The molecule has 1 aliphatic carbocycles. The Morgan fingerprint density at radius 3 is 2.79 bits per heavy atom. The number of aliphatic carboxylic acids is 1.